The molecule has 0 saturated carbocycles. The molecule has 4 aromatic carbocycles. The summed E-state index contributed by atoms with van der Waals surface area (Å²) < 4.78 is 0. The van der Waals surface area contributed by atoms with Gasteiger partial charge in [0.1, 0.15) is 0 Å². The second-order valence-electron chi connectivity index (χ2n) is 11.5. The van der Waals surface area contributed by atoms with Crippen LogP contribution >= 0.6 is 15.8 Å². The van der Waals surface area contributed by atoms with Crippen LogP contribution in [0.1, 0.15) is 105 Å². The van der Waals surface area contributed by atoms with Gasteiger partial charge < -0.3 is 24.8 Å². The maximum absolute atomic E-state index is 2.47. The molecule has 0 aromatic heterocycles. The molecule has 0 bridgehead atoms. The number of hydrogen-bond acceptors (Lipinski definition) is 0. The van der Waals surface area contributed by atoms with Crippen molar-refractivity contribution >= 4 is 48.0 Å². The molecule has 0 heterocycles. The number of unbranched alkanes of at least 4 members (excludes halogenated alkanes) is 8. The topological polar surface area (TPSA) is 0 Å². The van der Waals surface area contributed by atoms with Crippen molar-refractivity contribution in [2.45, 2.75) is 105 Å². The van der Waals surface area contributed by atoms with Crippen LogP contribution in [0, 0.1) is 0 Å². The molecule has 0 fully saturated rings. The van der Waals surface area contributed by atoms with Crippen molar-refractivity contribution in [3.63, 3.8) is 0 Å². The van der Waals surface area contributed by atoms with Crippen LogP contribution in [0.5, 0.6) is 0 Å². The van der Waals surface area contributed by atoms with E-state index in [4.69, 9.17) is 0 Å². The third-order valence-corrected chi connectivity index (χ3v) is 13.5. The van der Waals surface area contributed by atoms with Crippen molar-refractivity contribution in [3.8, 4) is 0 Å². The van der Waals surface area contributed by atoms with E-state index >= 15 is 0 Å². The Morgan fingerprint density at radius 3 is 1.16 bits per heavy atom. The number of fused-ring (bicyclic) bond motifs is 2. The molecule has 0 aliphatic rings. The van der Waals surface area contributed by atoms with E-state index in [1.807, 2.05) is 0 Å². The number of hydrogen-bond donors (Lipinski definition) is 0. The Balaban J connectivity index is 0.000000779. The first-order valence-corrected chi connectivity index (χ1v) is 19.9. The fourth-order valence-corrected chi connectivity index (χ4v) is 10.9. The number of benzene rings is 2. The molecule has 236 valence electrons. The normalized spacial score (nSPS) is 10.7. The van der Waals surface area contributed by atoms with Crippen molar-refractivity contribution in [1.82, 2.24) is 0 Å². The monoisotopic (exact) mass is 824 g/mol. The Hall–Kier alpha value is -0.0299. The summed E-state index contributed by atoms with van der Waals surface area (Å²) in [5.74, 6) is 0. The predicted molar refractivity (Wildman–Crippen MR) is 190 cm³/mol. The van der Waals surface area contributed by atoms with Crippen LogP contribution in [0.4, 0.5) is 0 Å². The first-order valence-electron chi connectivity index (χ1n) is 16.5. The van der Waals surface area contributed by atoms with Crippen LogP contribution < -0.4 is 35.4 Å². The van der Waals surface area contributed by atoms with Crippen LogP contribution in [0.2, 0.25) is 0 Å². The number of rotatable bonds is 18. The summed E-state index contributed by atoms with van der Waals surface area (Å²) in [6.45, 7) is 9.21. The maximum Gasteiger partial charge on any atom is 4.00 e. The van der Waals surface area contributed by atoms with Gasteiger partial charge in [-0.1, -0.05) is 107 Å². The van der Waals surface area contributed by atoms with Crippen molar-refractivity contribution in [1.29, 1.82) is 0 Å². The maximum atomic E-state index is 2.47. The zero-order valence-electron chi connectivity index (χ0n) is 27.4. The van der Waals surface area contributed by atoms with Crippen LogP contribution in [0.15, 0.2) is 72.8 Å². The molecule has 0 aliphatic heterocycles. The van der Waals surface area contributed by atoms with Gasteiger partial charge >= 0.3 is 25.8 Å². The van der Waals surface area contributed by atoms with Gasteiger partial charge in [0, 0.05) is 0 Å². The summed E-state index contributed by atoms with van der Waals surface area (Å²) in [7, 11) is 0.150. The summed E-state index contributed by atoms with van der Waals surface area (Å²) in [6.07, 6.45) is 22.3. The molecule has 0 N–H and O–H groups in total. The van der Waals surface area contributed by atoms with Gasteiger partial charge in [-0.3, -0.25) is 0 Å². The van der Waals surface area contributed by atoms with E-state index in [0.717, 1.165) is 0 Å². The van der Waals surface area contributed by atoms with Crippen molar-refractivity contribution in [3.05, 3.63) is 72.8 Å². The van der Waals surface area contributed by atoms with Crippen molar-refractivity contribution < 1.29 is 50.7 Å². The van der Waals surface area contributed by atoms with Gasteiger partial charge in [0.05, 0.1) is 0 Å². The molecule has 4 rings (SSSR count). The summed E-state index contributed by atoms with van der Waals surface area (Å²) in [5, 5.41) is 9.01. The molecule has 0 unspecified atom stereocenters. The van der Waals surface area contributed by atoms with Gasteiger partial charge in [-0.05, 0) is 50.3 Å². The third kappa shape index (κ3) is 15.4. The minimum atomic E-state index is 0. The van der Waals surface area contributed by atoms with Gasteiger partial charge in [0.25, 0.3) is 0 Å². The van der Waals surface area contributed by atoms with E-state index < -0.39 is 0 Å². The van der Waals surface area contributed by atoms with Crippen LogP contribution in [-0.2, 0) is 25.8 Å². The summed E-state index contributed by atoms with van der Waals surface area (Å²) in [5.41, 5.74) is 0. The zero-order chi connectivity index (χ0) is 28.4. The molecule has 5 heteroatoms. The first kappa shape index (κ1) is 43.0. The van der Waals surface area contributed by atoms with Crippen molar-refractivity contribution in [2.24, 2.45) is 0 Å². The number of halogens is 2. The van der Waals surface area contributed by atoms with Gasteiger partial charge in [-0.15, -0.1) is 80.7 Å². The van der Waals surface area contributed by atoms with Crippen LogP contribution in [0.3, 0.4) is 0 Å². The van der Waals surface area contributed by atoms with E-state index in [9.17, 15) is 0 Å². The van der Waals surface area contributed by atoms with Crippen LogP contribution in [0.25, 0.3) is 21.5 Å². The molecule has 4 aromatic rings. The fraction of sp³-hybridized carbons (Fsp3) is 0.526. The summed E-state index contributed by atoms with van der Waals surface area (Å²) in [4.78, 5) is 0. The Morgan fingerprint density at radius 2 is 0.814 bits per heavy atom. The van der Waals surface area contributed by atoms with E-state index in [0.29, 0.717) is 0 Å². The molecule has 0 nitrogen and oxygen atoms in total. The first-order chi connectivity index (χ1) is 19.7. The molecule has 0 radical (unpaired) electrons. The van der Waals surface area contributed by atoms with E-state index in [1.54, 1.807) is 10.6 Å². The van der Waals surface area contributed by atoms with Crippen LogP contribution in [-0.4, -0.2) is 24.6 Å². The SMILES string of the molecule is CCCCCCP(CCCCCC)c1cc2ccccc2[cH-]1.CCCCP(CCCC)c1cc2ccccc2[cH-]1.[Cl-].[Cl-].[Hf+4]. The molecule has 0 amide bonds. The molecule has 43 heavy (non-hydrogen) atoms. The second-order valence-corrected chi connectivity index (χ2v) is 16.5. The van der Waals surface area contributed by atoms with Gasteiger partial charge in [0.2, 0.25) is 0 Å². The largest absolute Gasteiger partial charge is 4.00 e. The Labute approximate surface area is 298 Å². The van der Waals surface area contributed by atoms with E-state index in [-0.39, 0.29) is 66.5 Å². The standard InChI is InChI=1S/C21H32P.C17H24P.2ClH.Hf/c1-3-5-7-11-15-22(16-12-8-6-4-2)21-17-19-13-9-10-14-20(19)18-21;1-3-5-11-18(12-6-4-2)17-13-15-9-7-8-10-16(15)14-17;;;/h9-10,13-14,17-18H,3-8,11-12,15-16H2,1-2H3;7-10,13-14H,3-6,11-12H2,1-2H3;2*1H;/q2*-1;;;+4/p-2. The Bertz CT molecular complexity index is 1110. The molecule has 0 spiro atoms. The predicted octanol–water partition coefficient (Wildman–Crippen LogP) is 6.10. The smallest absolute Gasteiger partial charge is 1.00 e. The van der Waals surface area contributed by atoms with Gasteiger partial charge in [-0.25, -0.2) is 0 Å². The Kier molecular flexibility index (Phi) is 26.1. The molecule has 0 aliphatic carbocycles. The van der Waals surface area contributed by atoms with E-state index in [2.05, 4.69) is 100 Å². The van der Waals surface area contributed by atoms with Gasteiger partial charge in [0.15, 0.2) is 0 Å². The molecular formula is C38H56Cl2HfP2. The zero-order valence-corrected chi connectivity index (χ0v) is 34.3. The average molecular weight is 824 g/mol. The minimum Gasteiger partial charge on any atom is -1.00 e. The summed E-state index contributed by atoms with van der Waals surface area (Å²) >= 11 is 0. The molecular weight excluding hydrogens is 768 g/mol. The Morgan fingerprint density at radius 1 is 0.465 bits per heavy atom. The quantitative estimate of drug-likeness (QED) is 0.0494. The fourth-order valence-electron chi connectivity index (χ4n) is 5.53. The molecule has 0 atom stereocenters. The van der Waals surface area contributed by atoms with Crippen molar-refractivity contribution in [2.75, 3.05) is 24.6 Å². The second kappa shape index (κ2) is 26.1. The summed E-state index contributed by atoms with van der Waals surface area (Å²) in [6, 6.07) is 27.5. The third-order valence-electron chi connectivity index (χ3n) is 8.06. The van der Waals surface area contributed by atoms with E-state index in [1.165, 1.54) is 123 Å². The molecule has 0 saturated heterocycles. The van der Waals surface area contributed by atoms with Gasteiger partial charge in [-0.2, -0.15) is 12.1 Å². The average Bonchev–Trinajstić information content (AvgIpc) is 3.61. The minimum absolute atomic E-state index is 0.